The Kier molecular flexibility index (Phi) is 9.94. The number of benzene rings is 3. The highest BCUT2D eigenvalue weighted by Crippen LogP contribution is 2.29. The third-order valence-corrected chi connectivity index (χ3v) is 7.72. The standard InChI is InChI=1S/C28H34ClN3O4S/c1-4-6-18-30-28(34)25(5-2)31(19-22-13-8-10-16-24(22)29)27(33)20-32(37(3,35)36)26-17-11-14-21-12-7-9-15-23(21)26/h7-17,25H,4-6,18-20H2,1-3H3,(H,30,34)/t25-/m1/s1. The first-order valence-electron chi connectivity index (χ1n) is 12.4. The van der Waals surface area contributed by atoms with Gasteiger partial charge in [0, 0.05) is 23.5 Å². The van der Waals surface area contributed by atoms with E-state index in [-0.39, 0.29) is 12.5 Å². The maximum absolute atomic E-state index is 13.9. The van der Waals surface area contributed by atoms with Gasteiger partial charge in [-0.1, -0.05) is 86.5 Å². The summed E-state index contributed by atoms with van der Waals surface area (Å²) in [6, 6.07) is 19.1. The van der Waals surface area contributed by atoms with Gasteiger partial charge in [-0.2, -0.15) is 0 Å². The fraction of sp³-hybridized carbons (Fsp3) is 0.357. The predicted octanol–water partition coefficient (Wildman–Crippen LogP) is 4.98. The van der Waals surface area contributed by atoms with Crippen molar-refractivity contribution in [2.75, 3.05) is 23.7 Å². The lowest BCUT2D eigenvalue weighted by Crippen LogP contribution is -2.52. The Labute approximate surface area is 224 Å². The Morgan fingerprint density at radius 1 is 0.973 bits per heavy atom. The van der Waals surface area contributed by atoms with Crippen LogP contribution < -0.4 is 9.62 Å². The zero-order valence-electron chi connectivity index (χ0n) is 21.5. The SMILES string of the molecule is CCCCNC(=O)[C@@H](CC)N(Cc1ccccc1Cl)C(=O)CN(c1cccc2ccccc12)S(C)(=O)=O. The zero-order valence-corrected chi connectivity index (χ0v) is 23.1. The highest BCUT2D eigenvalue weighted by atomic mass is 35.5. The number of sulfonamides is 1. The molecule has 0 bridgehead atoms. The van der Waals surface area contributed by atoms with Crippen molar-refractivity contribution in [1.29, 1.82) is 0 Å². The van der Waals surface area contributed by atoms with E-state index >= 15 is 0 Å². The van der Waals surface area contributed by atoms with Crippen LogP contribution in [-0.2, 0) is 26.2 Å². The molecule has 0 saturated heterocycles. The van der Waals surface area contributed by atoms with Crippen molar-refractivity contribution in [1.82, 2.24) is 10.2 Å². The van der Waals surface area contributed by atoms with Crippen LogP contribution in [0, 0.1) is 0 Å². The number of amides is 2. The molecule has 0 aliphatic heterocycles. The second-order valence-electron chi connectivity index (χ2n) is 8.95. The summed E-state index contributed by atoms with van der Waals surface area (Å²) >= 11 is 6.40. The third-order valence-electron chi connectivity index (χ3n) is 6.23. The van der Waals surface area contributed by atoms with E-state index in [2.05, 4.69) is 5.32 Å². The van der Waals surface area contributed by atoms with Crippen molar-refractivity contribution in [2.24, 2.45) is 0 Å². The van der Waals surface area contributed by atoms with Gasteiger partial charge >= 0.3 is 0 Å². The van der Waals surface area contributed by atoms with E-state index in [4.69, 9.17) is 11.6 Å². The number of anilines is 1. The Morgan fingerprint density at radius 3 is 2.32 bits per heavy atom. The van der Waals surface area contributed by atoms with Crippen molar-refractivity contribution in [3.8, 4) is 0 Å². The van der Waals surface area contributed by atoms with Gasteiger partial charge in [0.05, 0.1) is 11.9 Å². The Hall–Kier alpha value is -3.10. The van der Waals surface area contributed by atoms with Crippen LogP contribution >= 0.6 is 11.6 Å². The van der Waals surface area contributed by atoms with Crippen LogP contribution in [-0.4, -0.2) is 50.5 Å². The molecule has 0 aromatic heterocycles. The van der Waals surface area contributed by atoms with Gasteiger partial charge in [-0.25, -0.2) is 8.42 Å². The topological polar surface area (TPSA) is 86.8 Å². The van der Waals surface area contributed by atoms with E-state index < -0.39 is 28.5 Å². The second-order valence-corrected chi connectivity index (χ2v) is 11.3. The van der Waals surface area contributed by atoms with E-state index in [0.717, 1.165) is 28.8 Å². The van der Waals surface area contributed by atoms with Crippen LogP contribution in [0.3, 0.4) is 0 Å². The van der Waals surface area contributed by atoms with Crippen molar-refractivity contribution < 1.29 is 18.0 Å². The fourth-order valence-corrected chi connectivity index (χ4v) is 5.31. The number of nitrogens with one attached hydrogen (secondary N) is 1. The number of nitrogens with zero attached hydrogens (tertiary/aromatic N) is 2. The lowest BCUT2D eigenvalue weighted by molar-refractivity contribution is -0.140. The molecule has 3 aromatic carbocycles. The molecule has 9 heteroatoms. The van der Waals surface area contributed by atoms with Crippen molar-refractivity contribution >= 4 is 49.9 Å². The molecule has 0 fully saturated rings. The molecule has 0 spiro atoms. The first kappa shape index (κ1) is 28.5. The molecule has 0 saturated carbocycles. The van der Waals surface area contributed by atoms with Gasteiger partial charge in [0.15, 0.2) is 0 Å². The number of carbonyl (C=O) groups excluding carboxylic acids is 2. The molecule has 1 atom stereocenters. The summed E-state index contributed by atoms with van der Waals surface area (Å²) in [4.78, 5) is 28.4. The first-order chi connectivity index (χ1) is 17.7. The minimum atomic E-state index is -3.83. The average Bonchev–Trinajstić information content (AvgIpc) is 2.87. The molecule has 0 heterocycles. The highest BCUT2D eigenvalue weighted by Gasteiger charge is 2.32. The van der Waals surface area contributed by atoms with Crippen LogP contribution in [0.1, 0.15) is 38.7 Å². The summed E-state index contributed by atoms with van der Waals surface area (Å²) in [7, 11) is -3.83. The van der Waals surface area contributed by atoms with Gasteiger partial charge in [-0.05, 0) is 35.9 Å². The molecule has 0 aliphatic carbocycles. The number of rotatable bonds is 12. The molecule has 7 nitrogen and oxygen atoms in total. The Balaban J connectivity index is 2.00. The molecule has 198 valence electrons. The van der Waals surface area contributed by atoms with Crippen LogP contribution in [0.25, 0.3) is 10.8 Å². The summed E-state index contributed by atoms with van der Waals surface area (Å²) < 4.78 is 27.0. The maximum Gasteiger partial charge on any atom is 0.244 e. The van der Waals surface area contributed by atoms with Gasteiger partial charge in [-0.15, -0.1) is 0 Å². The zero-order chi connectivity index (χ0) is 27.0. The van der Waals surface area contributed by atoms with E-state index in [1.807, 2.05) is 50.2 Å². The summed E-state index contributed by atoms with van der Waals surface area (Å²) in [5.74, 6) is -0.761. The summed E-state index contributed by atoms with van der Waals surface area (Å²) in [6.45, 7) is 3.99. The molecule has 0 radical (unpaired) electrons. The van der Waals surface area contributed by atoms with Gasteiger partial charge in [0.2, 0.25) is 21.8 Å². The van der Waals surface area contributed by atoms with E-state index in [1.165, 1.54) is 4.90 Å². The number of carbonyl (C=O) groups is 2. The lowest BCUT2D eigenvalue weighted by atomic mass is 10.1. The molecule has 3 aromatic rings. The third kappa shape index (κ3) is 7.23. The summed E-state index contributed by atoms with van der Waals surface area (Å²) in [5.41, 5.74) is 1.08. The number of fused-ring (bicyclic) bond motifs is 1. The largest absolute Gasteiger partial charge is 0.354 e. The normalized spacial score (nSPS) is 12.2. The Morgan fingerprint density at radius 2 is 1.65 bits per heavy atom. The van der Waals surface area contributed by atoms with Crippen molar-refractivity contribution in [3.63, 3.8) is 0 Å². The molecular formula is C28H34ClN3O4S. The summed E-state index contributed by atoms with van der Waals surface area (Å²) in [6.07, 6.45) is 3.19. The van der Waals surface area contributed by atoms with E-state index in [9.17, 15) is 18.0 Å². The molecule has 0 aliphatic rings. The van der Waals surface area contributed by atoms with Crippen LogP contribution in [0.4, 0.5) is 5.69 Å². The Bertz CT molecular complexity index is 1340. The van der Waals surface area contributed by atoms with Gasteiger partial charge in [-0.3, -0.25) is 13.9 Å². The maximum atomic E-state index is 13.9. The minimum absolute atomic E-state index is 0.0748. The van der Waals surface area contributed by atoms with Crippen LogP contribution in [0.15, 0.2) is 66.7 Å². The molecule has 3 rings (SSSR count). The second kappa shape index (κ2) is 12.9. The highest BCUT2D eigenvalue weighted by molar-refractivity contribution is 7.92. The molecule has 2 amide bonds. The number of halogens is 1. The molecular weight excluding hydrogens is 510 g/mol. The van der Waals surface area contributed by atoms with Gasteiger partial charge in [0.1, 0.15) is 12.6 Å². The molecule has 1 N–H and O–H groups in total. The van der Waals surface area contributed by atoms with E-state index in [1.54, 1.807) is 30.3 Å². The smallest absolute Gasteiger partial charge is 0.244 e. The monoisotopic (exact) mass is 543 g/mol. The number of unbranched alkanes of at least 4 members (excludes halogenated alkanes) is 1. The molecule has 37 heavy (non-hydrogen) atoms. The van der Waals surface area contributed by atoms with Crippen molar-refractivity contribution in [3.05, 3.63) is 77.3 Å². The minimum Gasteiger partial charge on any atom is -0.354 e. The molecule has 0 unspecified atom stereocenters. The average molecular weight is 544 g/mol. The quantitative estimate of drug-likeness (QED) is 0.326. The van der Waals surface area contributed by atoms with Crippen molar-refractivity contribution in [2.45, 2.75) is 45.7 Å². The number of hydrogen-bond donors (Lipinski definition) is 1. The van der Waals surface area contributed by atoms with Gasteiger partial charge in [0.25, 0.3) is 0 Å². The van der Waals surface area contributed by atoms with E-state index in [0.29, 0.717) is 34.6 Å². The van der Waals surface area contributed by atoms with Crippen LogP contribution in [0.5, 0.6) is 0 Å². The predicted molar refractivity (Wildman–Crippen MR) is 150 cm³/mol. The first-order valence-corrected chi connectivity index (χ1v) is 14.7. The number of hydrogen-bond acceptors (Lipinski definition) is 4. The fourth-order valence-electron chi connectivity index (χ4n) is 4.26. The summed E-state index contributed by atoms with van der Waals surface area (Å²) in [5, 5.41) is 4.95. The lowest BCUT2D eigenvalue weighted by Gasteiger charge is -2.33. The van der Waals surface area contributed by atoms with Gasteiger partial charge < -0.3 is 10.2 Å². The van der Waals surface area contributed by atoms with Crippen LogP contribution in [0.2, 0.25) is 5.02 Å².